The van der Waals surface area contributed by atoms with Gasteiger partial charge in [0.1, 0.15) is 5.75 Å². The van der Waals surface area contributed by atoms with Gasteiger partial charge in [-0.15, -0.1) is 0 Å². The molecule has 6 heteroatoms. The summed E-state index contributed by atoms with van der Waals surface area (Å²) in [6.45, 7) is 1.22. The number of hydrogen-bond donors (Lipinski definition) is 1. The summed E-state index contributed by atoms with van der Waals surface area (Å²) in [5, 5.41) is 9.61. The first-order valence-corrected chi connectivity index (χ1v) is 5.15. The first-order chi connectivity index (χ1) is 6.79. The molecule has 1 aromatic rings. The quantitative estimate of drug-likeness (QED) is 0.678. The molecule has 84 valence electrons. The van der Waals surface area contributed by atoms with Crippen molar-refractivity contribution in [3.05, 3.63) is 30.3 Å². The van der Waals surface area contributed by atoms with E-state index in [1.54, 1.807) is 30.3 Å². The van der Waals surface area contributed by atoms with E-state index in [-0.39, 0.29) is 0 Å². The molecule has 0 aromatic heterocycles. The van der Waals surface area contributed by atoms with Gasteiger partial charge in [0.2, 0.25) is 0 Å². The highest BCUT2D eigenvalue weighted by Crippen LogP contribution is 2.32. The zero-order valence-electron chi connectivity index (χ0n) is 7.78. The molecule has 0 heterocycles. The first-order valence-electron chi connectivity index (χ1n) is 4.02. The zero-order valence-corrected chi connectivity index (χ0v) is 10.1. The van der Waals surface area contributed by atoms with E-state index in [1.807, 2.05) is 0 Å². The minimum absolute atomic E-state index is 0.400. The molecule has 1 aromatic carbocycles. The van der Waals surface area contributed by atoms with Gasteiger partial charge in [0.25, 0.3) is 0 Å². The highest BCUT2D eigenvalue weighted by molar-refractivity contribution is 6.66. The van der Waals surface area contributed by atoms with Crippen LogP contribution in [0.4, 0.5) is 0 Å². The van der Waals surface area contributed by atoms with Crippen molar-refractivity contribution in [1.29, 1.82) is 0 Å². The van der Waals surface area contributed by atoms with Gasteiger partial charge in [0.05, 0.1) is 0 Å². The smallest absolute Gasteiger partial charge is 0.324 e. The summed E-state index contributed by atoms with van der Waals surface area (Å²) in [4.78, 5) is 0. The molecule has 1 N–H and O–H groups in total. The summed E-state index contributed by atoms with van der Waals surface area (Å²) >= 11 is 16.1. The molecule has 1 rings (SSSR count). The number of ether oxygens (including phenoxy) is 2. The lowest BCUT2D eigenvalue weighted by Crippen LogP contribution is -2.39. The molecule has 0 fully saturated rings. The van der Waals surface area contributed by atoms with Crippen LogP contribution in [0.1, 0.15) is 6.92 Å². The number of rotatable bonds is 3. The normalized spacial score (nSPS) is 15.8. The van der Waals surface area contributed by atoms with E-state index in [0.29, 0.717) is 5.75 Å². The molecule has 0 radical (unpaired) electrons. The van der Waals surface area contributed by atoms with E-state index >= 15 is 0 Å². The van der Waals surface area contributed by atoms with Crippen LogP contribution in [0, 0.1) is 0 Å². The third kappa shape index (κ3) is 5.44. The zero-order chi connectivity index (χ0) is 11.5. The number of alkyl halides is 3. The maximum Gasteiger partial charge on any atom is 0.324 e. The molecular weight excluding hydrogens is 262 g/mol. The molecule has 0 amide bonds. The minimum Gasteiger partial charge on any atom is -0.439 e. The number of hydrogen-bond acceptors (Lipinski definition) is 3. The lowest BCUT2D eigenvalue weighted by molar-refractivity contribution is -0.310. The van der Waals surface area contributed by atoms with Crippen molar-refractivity contribution in [2.45, 2.75) is 16.9 Å². The van der Waals surface area contributed by atoms with Crippen molar-refractivity contribution in [3.63, 3.8) is 0 Å². The molecule has 0 aliphatic heterocycles. The van der Waals surface area contributed by atoms with Gasteiger partial charge < -0.3 is 9.84 Å². The summed E-state index contributed by atoms with van der Waals surface area (Å²) in [5.74, 6) is -1.61. The van der Waals surface area contributed by atoms with Crippen LogP contribution in [0.15, 0.2) is 30.3 Å². The van der Waals surface area contributed by atoms with Crippen LogP contribution in [0.2, 0.25) is 0 Å². The van der Waals surface area contributed by atoms with E-state index in [4.69, 9.17) is 39.5 Å². The van der Waals surface area contributed by atoms with Crippen molar-refractivity contribution in [2.24, 2.45) is 0 Å². The molecule has 0 bridgehead atoms. The molecular formula is C9H9Cl3O3. The Morgan fingerprint density at radius 3 is 2.13 bits per heavy atom. The maximum absolute atomic E-state index is 9.61. The lowest BCUT2D eigenvalue weighted by Gasteiger charge is -2.27. The van der Waals surface area contributed by atoms with Crippen LogP contribution in [0.25, 0.3) is 0 Å². The number of aliphatic hydroxyl groups is 1. The van der Waals surface area contributed by atoms with E-state index < -0.39 is 9.95 Å². The Morgan fingerprint density at radius 1 is 1.13 bits per heavy atom. The Labute approximate surface area is 102 Å². The maximum atomic E-state index is 9.61. The van der Waals surface area contributed by atoms with Gasteiger partial charge >= 0.3 is 9.95 Å². The highest BCUT2D eigenvalue weighted by atomic mass is 35.6. The Bertz CT molecular complexity index is 308. The van der Waals surface area contributed by atoms with Crippen LogP contribution >= 0.6 is 34.8 Å². The van der Waals surface area contributed by atoms with Crippen LogP contribution in [-0.4, -0.2) is 15.1 Å². The van der Waals surface area contributed by atoms with Crippen LogP contribution in [-0.2, 0) is 4.74 Å². The monoisotopic (exact) mass is 270 g/mol. The fourth-order valence-corrected chi connectivity index (χ4v) is 1.37. The van der Waals surface area contributed by atoms with Crippen molar-refractivity contribution in [3.8, 4) is 5.75 Å². The number of para-hydroxylation sites is 1. The predicted octanol–water partition coefficient (Wildman–Crippen LogP) is 3.08. The van der Waals surface area contributed by atoms with Crippen LogP contribution in [0.5, 0.6) is 5.75 Å². The van der Waals surface area contributed by atoms with E-state index in [2.05, 4.69) is 4.74 Å². The molecule has 1 unspecified atom stereocenters. The van der Waals surface area contributed by atoms with Crippen LogP contribution < -0.4 is 4.74 Å². The SMILES string of the molecule is CC(O)(Oc1ccccc1)OC(Cl)(Cl)Cl. The van der Waals surface area contributed by atoms with E-state index in [0.717, 1.165) is 0 Å². The Hall–Kier alpha value is -0.190. The van der Waals surface area contributed by atoms with Gasteiger partial charge in [0, 0.05) is 6.92 Å². The average molecular weight is 272 g/mol. The molecule has 0 saturated heterocycles. The third-order valence-electron chi connectivity index (χ3n) is 1.36. The summed E-state index contributed by atoms with van der Waals surface area (Å²) in [6, 6.07) is 8.55. The van der Waals surface area contributed by atoms with E-state index in [1.165, 1.54) is 6.92 Å². The first kappa shape index (κ1) is 12.9. The van der Waals surface area contributed by atoms with Gasteiger partial charge in [-0.2, -0.15) is 0 Å². The molecule has 0 aliphatic carbocycles. The van der Waals surface area contributed by atoms with Crippen LogP contribution in [0.3, 0.4) is 0 Å². The van der Waals surface area contributed by atoms with Crippen molar-refractivity contribution >= 4 is 34.8 Å². The van der Waals surface area contributed by atoms with Crippen molar-refractivity contribution in [2.75, 3.05) is 0 Å². The van der Waals surface area contributed by atoms with Gasteiger partial charge in [-0.25, -0.2) is 0 Å². The van der Waals surface area contributed by atoms with Gasteiger partial charge in [-0.05, 0) is 12.1 Å². The number of benzene rings is 1. The largest absolute Gasteiger partial charge is 0.439 e. The second-order valence-electron chi connectivity index (χ2n) is 2.86. The molecule has 3 nitrogen and oxygen atoms in total. The van der Waals surface area contributed by atoms with E-state index in [9.17, 15) is 5.11 Å². The van der Waals surface area contributed by atoms with Gasteiger partial charge in [-0.1, -0.05) is 53.0 Å². The minimum atomic E-state index is -2.04. The highest BCUT2D eigenvalue weighted by Gasteiger charge is 2.35. The molecule has 0 saturated carbocycles. The summed E-state index contributed by atoms with van der Waals surface area (Å²) in [7, 11) is 0. The molecule has 15 heavy (non-hydrogen) atoms. The number of halogens is 3. The van der Waals surface area contributed by atoms with Gasteiger partial charge in [-0.3, -0.25) is 4.74 Å². The van der Waals surface area contributed by atoms with Crippen molar-refractivity contribution < 1.29 is 14.6 Å². The molecule has 0 aliphatic rings. The summed E-state index contributed by atoms with van der Waals surface area (Å²) < 4.78 is 7.67. The summed E-state index contributed by atoms with van der Waals surface area (Å²) in [5.41, 5.74) is 0. The van der Waals surface area contributed by atoms with Crippen molar-refractivity contribution in [1.82, 2.24) is 0 Å². The predicted molar refractivity (Wildman–Crippen MR) is 59.1 cm³/mol. The third-order valence-corrected chi connectivity index (χ3v) is 1.59. The average Bonchev–Trinajstić information content (AvgIpc) is 1.99. The fraction of sp³-hybridized carbons (Fsp3) is 0.333. The molecule has 1 atom stereocenters. The second kappa shape index (κ2) is 4.76. The second-order valence-corrected chi connectivity index (χ2v) is 5.04. The summed E-state index contributed by atoms with van der Waals surface area (Å²) in [6.07, 6.45) is 0. The fourth-order valence-electron chi connectivity index (χ4n) is 0.943. The Kier molecular flexibility index (Phi) is 4.09. The molecule has 0 spiro atoms. The van der Waals surface area contributed by atoms with Gasteiger partial charge in [0.15, 0.2) is 0 Å². The Balaban J connectivity index is 2.65. The topological polar surface area (TPSA) is 38.7 Å². The lowest BCUT2D eigenvalue weighted by atomic mass is 10.3. The Morgan fingerprint density at radius 2 is 1.67 bits per heavy atom. The standard InChI is InChI=1S/C9H9Cl3O3/c1-8(13,15-9(10,11)12)14-7-5-3-2-4-6-7/h2-6,13H,1H3.